The summed E-state index contributed by atoms with van der Waals surface area (Å²) in [5.74, 6) is -0.788. The number of methoxy groups -OCH3 is 1. The lowest BCUT2D eigenvalue weighted by Gasteiger charge is -2.05. The predicted octanol–water partition coefficient (Wildman–Crippen LogP) is 3.25. The second-order valence-corrected chi connectivity index (χ2v) is 5.37. The molecule has 0 aliphatic rings. The number of carbonyl (C=O) groups is 1. The number of hydrogen-bond acceptors (Lipinski definition) is 6. The fourth-order valence-electron chi connectivity index (χ4n) is 0.920. The molecule has 18 heavy (non-hydrogen) atoms. The number of nitrogens with zero attached hydrogens (tertiary/aromatic N) is 1. The number of thioether (sulfide) groups is 1. The average Bonchev–Trinajstić information content (AvgIpc) is 2.64. The molecule has 0 saturated heterocycles. The number of hydrogen-bond donors (Lipinski definition) is 1. The first-order valence-corrected chi connectivity index (χ1v) is 6.70. The van der Waals surface area contributed by atoms with Crippen molar-refractivity contribution in [3.63, 3.8) is 0 Å². The van der Waals surface area contributed by atoms with Gasteiger partial charge < -0.3 is 10.1 Å². The first-order valence-electron chi connectivity index (χ1n) is 4.52. The van der Waals surface area contributed by atoms with E-state index in [9.17, 15) is 18.0 Å². The highest BCUT2D eigenvalue weighted by Crippen LogP contribution is 2.30. The highest BCUT2D eigenvalue weighted by molar-refractivity contribution is 8.00. The van der Waals surface area contributed by atoms with Crippen molar-refractivity contribution in [3.05, 3.63) is 10.0 Å². The number of ether oxygens (including phenoxy) is 1. The Labute approximate surface area is 114 Å². The molecule has 1 heterocycles. The topological polar surface area (TPSA) is 51.2 Å². The molecule has 0 unspecified atom stereocenters. The van der Waals surface area contributed by atoms with Crippen molar-refractivity contribution >= 4 is 45.8 Å². The zero-order chi connectivity index (χ0) is 13.8. The number of rotatable bonds is 5. The van der Waals surface area contributed by atoms with Crippen LogP contribution in [0.15, 0.2) is 0 Å². The maximum absolute atomic E-state index is 11.8. The van der Waals surface area contributed by atoms with Crippen molar-refractivity contribution in [2.75, 3.05) is 24.7 Å². The predicted molar refractivity (Wildman–Crippen MR) is 65.5 cm³/mol. The van der Waals surface area contributed by atoms with Crippen molar-refractivity contribution in [3.8, 4) is 0 Å². The monoisotopic (exact) mass is 320 g/mol. The van der Waals surface area contributed by atoms with Gasteiger partial charge in [-0.3, -0.25) is 0 Å². The molecule has 0 spiro atoms. The third kappa shape index (κ3) is 4.91. The number of anilines is 1. The third-order valence-corrected chi connectivity index (χ3v) is 3.71. The quantitative estimate of drug-likeness (QED) is 0.666. The molecule has 1 N–H and O–H groups in total. The molecule has 10 heteroatoms. The fourth-order valence-corrected chi connectivity index (χ4v) is 2.48. The molecule has 0 aliphatic carbocycles. The van der Waals surface area contributed by atoms with Crippen LogP contribution in [0.1, 0.15) is 9.67 Å². The molecule has 0 amide bonds. The van der Waals surface area contributed by atoms with Crippen molar-refractivity contribution in [2.45, 2.75) is 5.51 Å². The van der Waals surface area contributed by atoms with E-state index in [1.165, 1.54) is 7.11 Å². The lowest BCUT2D eigenvalue weighted by molar-refractivity contribution is -0.0327. The first-order chi connectivity index (χ1) is 8.33. The number of aromatic nitrogens is 1. The summed E-state index contributed by atoms with van der Waals surface area (Å²) in [5, 5.41) is 2.90. The molecule has 0 fully saturated rings. The Morgan fingerprint density at radius 2 is 2.28 bits per heavy atom. The third-order valence-electron chi connectivity index (χ3n) is 1.60. The Kier molecular flexibility index (Phi) is 5.54. The van der Waals surface area contributed by atoms with E-state index in [-0.39, 0.29) is 39.2 Å². The van der Waals surface area contributed by atoms with Crippen LogP contribution >= 0.6 is 34.7 Å². The van der Waals surface area contributed by atoms with Gasteiger partial charge in [0, 0.05) is 12.3 Å². The number of thiazole rings is 1. The Hall–Kier alpha value is -0.670. The summed E-state index contributed by atoms with van der Waals surface area (Å²) in [6.07, 6.45) is 0. The summed E-state index contributed by atoms with van der Waals surface area (Å²) in [4.78, 5) is 15.1. The molecule has 0 aromatic carbocycles. The van der Waals surface area contributed by atoms with Crippen molar-refractivity contribution in [1.82, 2.24) is 4.98 Å². The lowest BCUT2D eigenvalue weighted by atomic mass is 10.6. The summed E-state index contributed by atoms with van der Waals surface area (Å²) in [6, 6.07) is 0. The van der Waals surface area contributed by atoms with Crippen LogP contribution < -0.4 is 5.32 Å². The highest BCUT2D eigenvalue weighted by atomic mass is 35.5. The number of halogens is 4. The number of alkyl halides is 3. The van der Waals surface area contributed by atoms with E-state index < -0.39 is 11.5 Å². The van der Waals surface area contributed by atoms with Crippen molar-refractivity contribution < 1.29 is 22.7 Å². The van der Waals surface area contributed by atoms with E-state index in [4.69, 9.17) is 11.6 Å². The van der Waals surface area contributed by atoms with E-state index in [1.807, 2.05) is 0 Å². The fraction of sp³-hybridized carbons (Fsp3) is 0.500. The first kappa shape index (κ1) is 15.4. The van der Waals surface area contributed by atoms with Crippen LogP contribution in [0.25, 0.3) is 0 Å². The molecule has 1 aromatic heterocycles. The number of carbonyl (C=O) groups excluding carboxylic acids is 1. The van der Waals surface area contributed by atoms with Gasteiger partial charge in [-0.2, -0.15) is 13.2 Å². The molecule has 0 atom stereocenters. The second-order valence-electron chi connectivity index (χ2n) is 2.85. The zero-order valence-electron chi connectivity index (χ0n) is 9.01. The Morgan fingerprint density at radius 3 is 2.83 bits per heavy atom. The molecular formula is C8H8ClF3N2O2S2. The normalized spacial score (nSPS) is 11.4. The molecule has 0 radical (unpaired) electrons. The molecule has 0 bridgehead atoms. The summed E-state index contributed by atoms with van der Waals surface area (Å²) < 4.78 is 40.0. The van der Waals surface area contributed by atoms with Crippen molar-refractivity contribution in [1.29, 1.82) is 0 Å². The van der Waals surface area contributed by atoms with Gasteiger partial charge in [-0.05, 0) is 11.8 Å². The highest BCUT2D eigenvalue weighted by Gasteiger charge is 2.27. The van der Waals surface area contributed by atoms with Crippen LogP contribution in [0, 0.1) is 0 Å². The van der Waals surface area contributed by atoms with Gasteiger partial charge in [-0.25, -0.2) is 9.78 Å². The van der Waals surface area contributed by atoms with Crippen LogP contribution in [-0.4, -0.2) is 35.9 Å². The Balaban J connectivity index is 2.47. The summed E-state index contributed by atoms with van der Waals surface area (Å²) in [6.45, 7) is 0.0641. The Bertz CT molecular complexity index is 425. The molecule has 0 aliphatic heterocycles. The minimum Gasteiger partial charge on any atom is -0.465 e. The standard InChI is InChI=1S/C8H8ClF3N2O2S2/c1-16-6(15)4-5(9)14-7(18-4)13-2-3-17-8(10,11)12/h2-3H2,1H3,(H,13,14). The van der Waals surface area contributed by atoms with Crippen LogP contribution in [0.2, 0.25) is 5.15 Å². The van der Waals surface area contributed by atoms with Gasteiger partial charge in [-0.15, -0.1) is 0 Å². The summed E-state index contributed by atoms with van der Waals surface area (Å²) >= 11 is 6.47. The van der Waals surface area contributed by atoms with Crippen molar-refractivity contribution in [2.24, 2.45) is 0 Å². The van der Waals surface area contributed by atoms with Gasteiger partial charge in [-0.1, -0.05) is 22.9 Å². The average molecular weight is 321 g/mol. The van der Waals surface area contributed by atoms with Gasteiger partial charge in [0.15, 0.2) is 15.2 Å². The van der Waals surface area contributed by atoms with E-state index in [2.05, 4.69) is 15.0 Å². The van der Waals surface area contributed by atoms with Gasteiger partial charge in [0.25, 0.3) is 0 Å². The molecular weight excluding hydrogens is 313 g/mol. The smallest absolute Gasteiger partial charge is 0.441 e. The SMILES string of the molecule is COC(=O)c1sc(NCCSC(F)(F)F)nc1Cl. The number of esters is 1. The molecule has 4 nitrogen and oxygen atoms in total. The minimum atomic E-state index is -4.25. The van der Waals surface area contributed by atoms with Gasteiger partial charge in [0.1, 0.15) is 0 Å². The van der Waals surface area contributed by atoms with Crippen LogP contribution in [0.5, 0.6) is 0 Å². The largest absolute Gasteiger partial charge is 0.465 e. The van der Waals surface area contributed by atoms with Gasteiger partial charge in [0.05, 0.1) is 7.11 Å². The lowest BCUT2D eigenvalue weighted by Crippen LogP contribution is -2.09. The van der Waals surface area contributed by atoms with Gasteiger partial charge >= 0.3 is 11.5 Å². The zero-order valence-corrected chi connectivity index (χ0v) is 11.4. The molecule has 102 valence electrons. The molecule has 1 rings (SSSR count). The van der Waals surface area contributed by atoms with E-state index in [0.717, 1.165) is 11.3 Å². The van der Waals surface area contributed by atoms with Crippen LogP contribution in [0.3, 0.4) is 0 Å². The van der Waals surface area contributed by atoms with Crippen LogP contribution in [-0.2, 0) is 4.74 Å². The van der Waals surface area contributed by atoms with E-state index in [0.29, 0.717) is 0 Å². The van der Waals surface area contributed by atoms with Crippen LogP contribution in [0.4, 0.5) is 18.3 Å². The second kappa shape index (κ2) is 6.48. The summed E-state index contributed by atoms with van der Waals surface area (Å²) in [7, 11) is 1.20. The Morgan fingerprint density at radius 1 is 1.61 bits per heavy atom. The summed E-state index contributed by atoms with van der Waals surface area (Å²) in [5.41, 5.74) is -4.25. The van der Waals surface area contributed by atoms with E-state index >= 15 is 0 Å². The maximum atomic E-state index is 11.8. The molecule has 1 aromatic rings. The maximum Gasteiger partial charge on any atom is 0.441 e. The van der Waals surface area contributed by atoms with Gasteiger partial charge in [0.2, 0.25) is 0 Å². The van der Waals surface area contributed by atoms with E-state index in [1.54, 1.807) is 0 Å². The molecule has 0 saturated carbocycles. The minimum absolute atomic E-state index is 0.0298. The number of nitrogens with one attached hydrogen (secondary N) is 1.